The number of halogens is 3. The highest BCUT2D eigenvalue weighted by molar-refractivity contribution is 6.12. The number of carbonyl (C=O) groups excluding carboxylic acids is 4. The zero-order valence-corrected chi connectivity index (χ0v) is 18.1. The molecule has 0 aliphatic carbocycles. The van der Waals surface area contributed by atoms with E-state index in [-0.39, 0.29) is 29.1 Å². The van der Waals surface area contributed by atoms with E-state index in [1.165, 1.54) is 34.1 Å². The Hall–Kier alpha value is -3.89. The summed E-state index contributed by atoms with van der Waals surface area (Å²) in [5.74, 6) is -2.25. The van der Waals surface area contributed by atoms with Crippen LogP contribution in [0.1, 0.15) is 40.5 Å². The zero-order valence-electron chi connectivity index (χ0n) is 18.1. The van der Waals surface area contributed by atoms with Crippen LogP contribution in [-0.2, 0) is 9.59 Å². The average Bonchev–Trinajstić information content (AvgIpc) is 3.10. The van der Waals surface area contributed by atoms with E-state index in [0.717, 1.165) is 0 Å². The lowest BCUT2D eigenvalue weighted by Gasteiger charge is -2.48. The molecular weight excluding hydrogens is 453 g/mol. The van der Waals surface area contributed by atoms with Gasteiger partial charge in [0, 0.05) is 6.42 Å². The lowest BCUT2D eigenvalue weighted by molar-refractivity contribution is -0.123. The van der Waals surface area contributed by atoms with Gasteiger partial charge in [0.2, 0.25) is 11.8 Å². The molecule has 0 spiro atoms. The molecule has 1 unspecified atom stereocenters. The van der Waals surface area contributed by atoms with Gasteiger partial charge in [0.25, 0.3) is 11.8 Å². The van der Waals surface area contributed by atoms with Crippen LogP contribution in [0.2, 0.25) is 0 Å². The third-order valence-electron chi connectivity index (χ3n) is 5.94. The molecule has 2 aliphatic heterocycles. The fraction of sp³-hybridized carbons (Fsp3) is 0.304. The number of carbonyl (C=O) groups is 4. The molecule has 1 saturated heterocycles. The van der Waals surface area contributed by atoms with Gasteiger partial charge in [-0.05, 0) is 37.6 Å². The van der Waals surface area contributed by atoms with E-state index >= 15 is 0 Å². The first kappa shape index (κ1) is 23.3. The van der Waals surface area contributed by atoms with Gasteiger partial charge in [-0.2, -0.15) is 13.2 Å². The Bertz CT molecular complexity index is 1180. The van der Waals surface area contributed by atoms with E-state index in [1.54, 1.807) is 36.5 Å². The minimum absolute atomic E-state index is 0.00143. The van der Waals surface area contributed by atoms with Crippen LogP contribution in [0.3, 0.4) is 0 Å². The smallest absolute Gasteiger partial charge is 0.343 e. The highest BCUT2D eigenvalue weighted by atomic mass is 19.4. The molecule has 1 fully saturated rings. The first-order chi connectivity index (χ1) is 16.0. The number of amides is 4. The molecule has 0 bridgehead atoms. The van der Waals surface area contributed by atoms with Gasteiger partial charge in [0.1, 0.15) is 18.8 Å². The Labute approximate surface area is 192 Å². The molecule has 34 heavy (non-hydrogen) atoms. The Balaban J connectivity index is 1.56. The Kier molecular flexibility index (Phi) is 5.80. The number of benzene rings is 2. The molecule has 178 valence electrons. The fourth-order valence-corrected chi connectivity index (χ4v) is 4.34. The van der Waals surface area contributed by atoms with Crippen molar-refractivity contribution in [3.05, 3.63) is 59.7 Å². The number of alkyl halides is 3. The third-order valence-corrected chi connectivity index (χ3v) is 5.94. The van der Waals surface area contributed by atoms with Crippen LogP contribution >= 0.6 is 0 Å². The molecule has 8 nitrogen and oxygen atoms in total. The van der Waals surface area contributed by atoms with Gasteiger partial charge < -0.3 is 15.5 Å². The van der Waals surface area contributed by atoms with Crippen molar-refractivity contribution >= 4 is 35.0 Å². The zero-order chi connectivity index (χ0) is 24.7. The van der Waals surface area contributed by atoms with E-state index in [0.29, 0.717) is 12.1 Å². The van der Waals surface area contributed by atoms with E-state index in [9.17, 15) is 32.3 Å². The minimum Gasteiger partial charge on any atom is -0.343 e. The van der Waals surface area contributed by atoms with Crippen molar-refractivity contribution in [2.45, 2.75) is 31.6 Å². The number of anilines is 2. The quantitative estimate of drug-likeness (QED) is 0.696. The number of fused-ring (bicyclic) bond motifs is 3. The van der Waals surface area contributed by atoms with E-state index in [2.05, 4.69) is 5.32 Å². The number of nitrogens with one attached hydrogen (secondary N) is 2. The summed E-state index contributed by atoms with van der Waals surface area (Å²) in [6, 6.07) is 12.3. The summed E-state index contributed by atoms with van der Waals surface area (Å²) in [6.07, 6.45) is -4.05. The van der Waals surface area contributed by atoms with Crippen molar-refractivity contribution in [2.75, 3.05) is 23.3 Å². The standard InChI is InChI=1S/C23H21F3N4O4/c1-22-11-10-19(32)30(22)17-9-5-3-7-15(17)21(34)29(22)12-18(31)28-16-8-4-2-6-14(16)20(33)27-13-23(24,25)26/h2-9H,10-13H2,1H3,(H,27,33)(H,28,31). The normalized spacial score (nSPS) is 19.5. The third kappa shape index (κ3) is 4.20. The van der Waals surface area contributed by atoms with Crippen molar-refractivity contribution in [1.29, 1.82) is 0 Å². The van der Waals surface area contributed by atoms with Gasteiger partial charge in [-0.1, -0.05) is 24.3 Å². The summed E-state index contributed by atoms with van der Waals surface area (Å²) in [7, 11) is 0. The second kappa shape index (κ2) is 8.47. The molecule has 11 heteroatoms. The Morgan fingerprint density at radius 2 is 1.74 bits per heavy atom. The van der Waals surface area contributed by atoms with Crippen molar-refractivity contribution in [3.63, 3.8) is 0 Å². The summed E-state index contributed by atoms with van der Waals surface area (Å²) < 4.78 is 37.4. The van der Waals surface area contributed by atoms with Gasteiger partial charge in [-0.3, -0.25) is 24.1 Å². The number of hydrogen-bond donors (Lipinski definition) is 2. The molecule has 2 aromatic carbocycles. The molecule has 1 atom stereocenters. The Morgan fingerprint density at radius 3 is 2.47 bits per heavy atom. The monoisotopic (exact) mass is 474 g/mol. The highest BCUT2D eigenvalue weighted by Gasteiger charge is 2.53. The van der Waals surface area contributed by atoms with E-state index in [4.69, 9.17) is 0 Å². The maximum atomic E-state index is 13.3. The number of rotatable bonds is 5. The molecule has 0 radical (unpaired) electrons. The molecule has 2 heterocycles. The van der Waals surface area contributed by atoms with Crippen LogP contribution < -0.4 is 15.5 Å². The van der Waals surface area contributed by atoms with Gasteiger partial charge >= 0.3 is 6.18 Å². The number of para-hydroxylation sites is 2. The van der Waals surface area contributed by atoms with Crippen LogP contribution in [0.4, 0.5) is 24.5 Å². The maximum Gasteiger partial charge on any atom is 0.405 e. The largest absolute Gasteiger partial charge is 0.405 e. The first-order valence-corrected chi connectivity index (χ1v) is 10.5. The van der Waals surface area contributed by atoms with Gasteiger partial charge in [-0.15, -0.1) is 0 Å². The van der Waals surface area contributed by atoms with Crippen LogP contribution in [0, 0.1) is 0 Å². The second-order valence-electron chi connectivity index (χ2n) is 8.25. The predicted molar refractivity (Wildman–Crippen MR) is 116 cm³/mol. The topological polar surface area (TPSA) is 98.8 Å². The van der Waals surface area contributed by atoms with E-state index < -0.39 is 42.7 Å². The molecular formula is C23H21F3N4O4. The molecule has 4 rings (SSSR count). The van der Waals surface area contributed by atoms with E-state index in [1.807, 2.05) is 0 Å². The van der Waals surface area contributed by atoms with Crippen LogP contribution in [-0.4, -0.2) is 53.5 Å². The van der Waals surface area contributed by atoms with Gasteiger partial charge in [0.15, 0.2) is 0 Å². The summed E-state index contributed by atoms with van der Waals surface area (Å²) >= 11 is 0. The van der Waals surface area contributed by atoms with Crippen molar-refractivity contribution in [1.82, 2.24) is 10.2 Å². The number of nitrogens with zero attached hydrogens (tertiary/aromatic N) is 2. The molecule has 2 N–H and O–H groups in total. The lowest BCUT2D eigenvalue weighted by Crippen LogP contribution is -2.63. The summed E-state index contributed by atoms with van der Waals surface area (Å²) in [5.41, 5.74) is -0.430. The molecule has 4 amide bonds. The fourth-order valence-electron chi connectivity index (χ4n) is 4.34. The number of hydrogen-bond acceptors (Lipinski definition) is 4. The highest BCUT2D eigenvalue weighted by Crippen LogP contribution is 2.43. The van der Waals surface area contributed by atoms with Crippen LogP contribution in [0.25, 0.3) is 0 Å². The van der Waals surface area contributed by atoms with Crippen molar-refractivity contribution in [3.8, 4) is 0 Å². The van der Waals surface area contributed by atoms with Crippen LogP contribution in [0.15, 0.2) is 48.5 Å². The molecule has 2 aromatic rings. The van der Waals surface area contributed by atoms with Crippen molar-refractivity contribution < 1.29 is 32.3 Å². The SMILES string of the molecule is CC12CCC(=O)N1c1ccccc1C(=O)N2CC(=O)Nc1ccccc1C(=O)NCC(F)(F)F. The van der Waals surface area contributed by atoms with Crippen LogP contribution in [0.5, 0.6) is 0 Å². The summed E-state index contributed by atoms with van der Waals surface area (Å²) in [6.45, 7) is -0.235. The van der Waals surface area contributed by atoms with Gasteiger partial charge in [0.05, 0.1) is 22.5 Å². The Morgan fingerprint density at radius 1 is 1.06 bits per heavy atom. The van der Waals surface area contributed by atoms with Gasteiger partial charge in [-0.25, -0.2) is 0 Å². The molecule has 2 aliphatic rings. The second-order valence-corrected chi connectivity index (χ2v) is 8.25. The van der Waals surface area contributed by atoms with Crippen molar-refractivity contribution in [2.24, 2.45) is 0 Å². The minimum atomic E-state index is -4.58. The molecule has 0 aromatic heterocycles. The summed E-state index contributed by atoms with van der Waals surface area (Å²) in [4.78, 5) is 53.9. The average molecular weight is 474 g/mol. The summed E-state index contributed by atoms with van der Waals surface area (Å²) in [5, 5.41) is 4.28. The predicted octanol–water partition coefficient (Wildman–Crippen LogP) is 2.92. The lowest BCUT2D eigenvalue weighted by atomic mass is 9.98. The maximum absolute atomic E-state index is 13.3. The first-order valence-electron chi connectivity index (χ1n) is 10.5. The molecule has 0 saturated carbocycles.